The summed E-state index contributed by atoms with van der Waals surface area (Å²) in [5, 5.41) is 9.10. The van der Waals surface area contributed by atoms with Crippen LogP contribution in [-0.4, -0.2) is 11.5 Å². The van der Waals surface area contributed by atoms with Crippen molar-refractivity contribution in [2.75, 3.05) is 0 Å². The Morgan fingerprint density at radius 3 is 2.28 bits per heavy atom. The Kier molecular flexibility index (Phi) is 3.95. The second kappa shape index (κ2) is 4.92. The first-order valence-electron chi connectivity index (χ1n) is 4.13. The maximum Gasteiger partial charge on any atom is 0.421 e. The first kappa shape index (κ1) is 14.4. The van der Waals surface area contributed by atoms with Gasteiger partial charge in [-0.1, -0.05) is 11.6 Å². The Morgan fingerprint density at radius 1 is 1.33 bits per heavy atom. The van der Waals surface area contributed by atoms with Crippen molar-refractivity contribution in [1.29, 1.82) is 0 Å². The third-order valence-electron chi connectivity index (χ3n) is 1.78. The molecule has 0 radical (unpaired) electrons. The van der Waals surface area contributed by atoms with Crippen molar-refractivity contribution in [3.05, 3.63) is 32.8 Å². The summed E-state index contributed by atoms with van der Waals surface area (Å²) in [7, 11) is 0. The van der Waals surface area contributed by atoms with Crippen LogP contribution in [0.15, 0.2) is 12.1 Å². The largest absolute Gasteiger partial charge is 0.434 e. The zero-order valence-corrected chi connectivity index (χ0v) is 8.93. The smallest absolute Gasteiger partial charge is 0.421 e. The molecule has 0 aliphatic carbocycles. The van der Waals surface area contributed by atoms with Crippen molar-refractivity contribution in [2.24, 2.45) is 0 Å². The summed E-state index contributed by atoms with van der Waals surface area (Å²) in [6.07, 6.45) is -5.16. The number of halogens is 6. The normalized spacial score (nSPS) is 11.7. The lowest BCUT2D eigenvalue weighted by atomic mass is 10.1. The van der Waals surface area contributed by atoms with E-state index in [0.29, 0.717) is 12.1 Å². The molecule has 4 nitrogen and oxygen atoms in total. The molecule has 0 bridgehead atoms. The quantitative estimate of drug-likeness (QED) is 0.482. The van der Waals surface area contributed by atoms with E-state index >= 15 is 0 Å². The lowest BCUT2D eigenvalue weighted by molar-refractivity contribution is -0.385. The van der Waals surface area contributed by atoms with Crippen LogP contribution in [-0.2, 0) is 6.18 Å². The van der Waals surface area contributed by atoms with Crippen LogP contribution in [0.1, 0.15) is 5.56 Å². The van der Waals surface area contributed by atoms with Crippen LogP contribution >= 0.6 is 11.6 Å². The Hall–Kier alpha value is -1.64. The van der Waals surface area contributed by atoms with E-state index < -0.39 is 39.7 Å². The van der Waals surface area contributed by atoms with Crippen molar-refractivity contribution in [3.63, 3.8) is 0 Å². The fourth-order valence-corrected chi connectivity index (χ4v) is 1.48. The molecule has 0 aromatic heterocycles. The molecule has 0 saturated heterocycles. The van der Waals surface area contributed by atoms with Crippen LogP contribution < -0.4 is 4.74 Å². The predicted octanol–water partition coefficient (Wildman–Crippen LogP) is 3.87. The highest BCUT2D eigenvalue weighted by molar-refractivity contribution is 6.33. The number of rotatable bonds is 3. The third-order valence-corrected chi connectivity index (χ3v) is 2.16. The molecular weight excluding hydrogens is 289 g/mol. The lowest BCUT2D eigenvalue weighted by Gasteiger charge is -2.14. The van der Waals surface area contributed by atoms with Crippen molar-refractivity contribution in [2.45, 2.75) is 12.8 Å². The van der Waals surface area contributed by atoms with Crippen molar-refractivity contribution in [3.8, 4) is 5.75 Å². The molecule has 0 N–H and O–H groups in total. The second-order valence-corrected chi connectivity index (χ2v) is 3.28. The molecule has 1 aromatic rings. The average Bonchev–Trinajstić information content (AvgIpc) is 2.13. The summed E-state index contributed by atoms with van der Waals surface area (Å²) < 4.78 is 65.2. The van der Waals surface area contributed by atoms with E-state index in [-0.39, 0.29) is 0 Å². The Bertz CT molecular complexity index is 477. The highest BCUT2D eigenvalue weighted by atomic mass is 35.5. The molecular formula is C8H3ClF5NO3. The molecule has 18 heavy (non-hydrogen) atoms. The van der Waals surface area contributed by atoms with Gasteiger partial charge in [0.2, 0.25) is 0 Å². The summed E-state index contributed by atoms with van der Waals surface area (Å²) in [6, 6.07) is 0.967. The van der Waals surface area contributed by atoms with Gasteiger partial charge in [0, 0.05) is 6.07 Å². The van der Waals surface area contributed by atoms with Crippen molar-refractivity contribution < 1.29 is 31.6 Å². The zero-order valence-electron chi connectivity index (χ0n) is 8.17. The van der Waals surface area contributed by atoms with E-state index in [1.54, 1.807) is 0 Å². The second-order valence-electron chi connectivity index (χ2n) is 2.91. The predicted molar refractivity (Wildman–Crippen MR) is 49.7 cm³/mol. The van der Waals surface area contributed by atoms with Crippen LogP contribution in [0.2, 0.25) is 5.02 Å². The Balaban J connectivity index is 3.47. The number of hydrogen-bond acceptors (Lipinski definition) is 3. The highest BCUT2D eigenvalue weighted by Gasteiger charge is 2.40. The highest BCUT2D eigenvalue weighted by Crippen LogP contribution is 2.45. The molecule has 0 unspecified atom stereocenters. The van der Waals surface area contributed by atoms with Gasteiger partial charge in [-0.15, -0.1) is 0 Å². The van der Waals surface area contributed by atoms with Crippen LogP contribution in [0.3, 0.4) is 0 Å². The van der Waals surface area contributed by atoms with E-state index in [1.807, 2.05) is 0 Å². The van der Waals surface area contributed by atoms with Gasteiger partial charge >= 0.3 is 12.8 Å². The van der Waals surface area contributed by atoms with Crippen molar-refractivity contribution >= 4 is 17.3 Å². The molecule has 0 heterocycles. The van der Waals surface area contributed by atoms with E-state index in [1.165, 1.54) is 0 Å². The van der Waals surface area contributed by atoms with Crippen molar-refractivity contribution in [1.82, 2.24) is 0 Å². The zero-order chi connectivity index (χ0) is 14.1. The standard InChI is InChI=1S/C8H3ClF5NO3/c9-6-3(15(16)17)1-2-4(18-7(10)11)5(6)8(12,13)14/h1-2,7H. The molecule has 0 fully saturated rings. The Morgan fingerprint density at radius 2 is 1.89 bits per heavy atom. The number of hydrogen-bond donors (Lipinski definition) is 0. The van der Waals surface area contributed by atoms with Gasteiger partial charge in [0.15, 0.2) is 0 Å². The minimum absolute atomic E-state index is 0.416. The lowest BCUT2D eigenvalue weighted by Crippen LogP contribution is -2.13. The maximum absolute atomic E-state index is 12.6. The molecule has 0 aliphatic heterocycles. The molecule has 1 rings (SSSR count). The van der Waals surface area contributed by atoms with Gasteiger partial charge in [0.1, 0.15) is 16.3 Å². The molecule has 0 amide bonds. The van der Waals surface area contributed by atoms with Crippen LogP contribution in [0.4, 0.5) is 27.6 Å². The van der Waals surface area contributed by atoms with Gasteiger partial charge in [-0.2, -0.15) is 22.0 Å². The minimum Gasteiger partial charge on any atom is -0.434 e. The van der Waals surface area contributed by atoms with E-state index in [0.717, 1.165) is 0 Å². The summed E-state index contributed by atoms with van der Waals surface area (Å²) in [4.78, 5) is 9.24. The first-order chi connectivity index (χ1) is 8.14. The van der Waals surface area contributed by atoms with Gasteiger partial charge in [-0.25, -0.2) is 0 Å². The molecule has 0 atom stereocenters. The molecule has 100 valence electrons. The first-order valence-corrected chi connectivity index (χ1v) is 4.51. The molecule has 10 heteroatoms. The number of nitro groups is 1. The molecule has 0 aliphatic rings. The third kappa shape index (κ3) is 2.97. The molecule has 0 saturated carbocycles. The number of nitrogens with zero attached hydrogens (tertiary/aromatic N) is 1. The van der Waals surface area contributed by atoms with Crippen LogP contribution in [0, 0.1) is 10.1 Å². The van der Waals surface area contributed by atoms with E-state index in [4.69, 9.17) is 11.6 Å². The molecule has 0 spiro atoms. The fraction of sp³-hybridized carbons (Fsp3) is 0.250. The minimum atomic E-state index is -5.16. The number of alkyl halides is 5. The number of nitro benzene ring substituents is 1. The summed E-state index contributed by atoms with van der Waals surface area (Å²) in [6.45, 7) is -3.51. The van der Waals surface area contributed by atoms with Gasteiger partial charge in [-0.05, 0) is 6.07 Å². The average molecular weight is 292 g/mol. The van der Waals surface area contributed by atoms with Crippen LogP contribution in [0.5, 0.6) is 5.75 Å². The van der Waals surface area contributed by atoms with E-state index in [2.05, 4.69) is 4.74 Å². The van der Waals surface area contributed by atoms with Gasteiger partial charge < -0.3 is 4.74 Å². The topological polar surface area (TPSA) is 52.4 Å². The monoisotopic (exact) mass is 291 g/mol. The fourth-order valence-electron chi connectivity index (χ4n) is 1.15. The summed E-state index contributed by atoms with van der Waals surface area (Å²) >= 11 is 5.19. The maximum atomic E-state index is 12.6. The Labute approximate surface area is 101 Å². The van der Waals surface area contributed by atoms with Gasteiger partial charge in [-0.3, -0.25) is 10.1 Å². The summed E-state index contributed by atoms with van der Waals surface area (Å²) in [5.41, 5.74) is -2.86. The summed E-state index contributed by atoms with van der Waals surface area (Å²) in [5.74, 6) is -1.27. The van der Waals surface area contributed by atoms with Gasteiger partial charge in [0.25, 0.3) is 5.69 Å². The molecule has 1 aromatic carbocycles. The number of benzene rings is 1. The van der Waals surface area contributed by atoms with Crippen LogP contribution in [0.25, 0.3) is 0 Å². The van der Waals surface area contributed by atoms with Gasteiger partial charge in [0.05, 0.1) is 4.92 Å². The number of ether oxygens (including phenoxy) is 1. The van der Waals surface area contributed by atoms with E-state index in [9.17, 15) is 32.1 Å². The SMILES string of the molecule is O=[N+]([O-])c1ccc(OC(F)F)c(C(F)(F)F)c1Cl.